The molecule has 52 heavy (non-hydrogen) atoms. The van der Waals surface area contributed by atoms with Gasteiger partial charge in [-0.15, -0.1) is 11.3 Å². The lowest BCUT2D eigenvalue weighted by molar-refractivity contribution is -0.141. The average molecular weight is 719 g/mol. The number of nitrogens with one attached hydrogen (secondary N) is 2. The number of hydrogen-bond acceptors (Lipinski definition) is 5. The number of amidine groups is 1. The molecule has 9 heteroatoms. The molecule has 0 aliphatic heterocycles. The number of benzene rings is 3. The third-order valence-electron chi connectivity index (χ3n) is 8.80. The number of aryl methyl sites for hydroxylation is 1. The lowest BCUT2D eigenvalue weighted by Gasteiger charge is -2.20. The van der Waals surface area contributed by atoms with Crippen LogP contribution in [-0.4, -0.2) is 47.5 Å². The number of hydrogen-bond donors (Lipinski definition) is 3. The van der Waals surface area contributed by atoms with Crippen molar-refractivity contribution in [2.24, 2.45) is 9.98 Å². The highest BCUT2D eigenvalue weighted by Gasteiger charge is 2.26. The molecule has 0 saturated carbocycles. The van der Waals surface area contributed by atoms with Gasteiger partial charge in [-0.05, 0) is 84.3 Å². The number of carbonyl (C=O) groups is 3. The number of aliphatic carboxylic acids is 1. The van der Waals surface area contributed by atoms with Gasteiger partial charge in [0.05, 0.1) is 4.88 Å². The molecule has 272 valence electrons. The summed E-state index contributed by atoms with van der Waals surface area (Å²) in [7, 11) is 0. The largest absolute Gasteiger partial charge is 0.480 e. The maximum Gasteiger partial charge on any atom is 0.325 e. The first-order chi connectivity index (χ1) is 24.8. The SMILES string of the molecule is C=N/C(=N\C=C(/C)c1ccc(-c2ccc(CCCCC)cc2)cc1)c1ccc(C[C@H](NC(=O)c2ccc(C(C)(C)C)s2)C(=O)N[C@H](C)C(=O)O)cc1. The fourth-order valence-electron chi connectivity index (χ4n) is 5.51. The molecule has 4 aromatic rings. The molecule has 2 amide bonds. The van der Waals surface area contributed by atoms with E-state index in [1.807, 2.05) is 37.3 Å². The first-order valence-corrected chi connectivity index (χ1v) is 18.6. The van der Waals surface area contributed by atoms with Crippen LogP contribution in [0, 0.1) is 0 Å². The van der Waals surface area contributed by atoms with Crippen molar-refractivity contribution in [3.63, 3.8) is 0 Å². The van der Waals surface area contributed by atoms with E-state index in [0.29, 0.717) is 10.7 Å². The summed E-state index contributed by atoms with van der Waals surface area (Å²) in [4.78, 5) is 48.1. The summed E-state index contributed by atoms with van der Waals surface area (Å²) < 4.78 is 0. The van der Waals surface area contributed by atoms with Gasteiger partial charge in [0.25, 0.3) is 5.91 Å². The standard InChI is InChI=1S/C43H50N4O4S/c1-8-9-10-11-30-12-16-33(17-13-30)34-22-20-32(21-23-34)28(2)27-45-39(44-7)35-18-14-31(15-19-35)26-36(40(48)46-29(3)42(50)51)47-41(49)37-24-25-38(52-37)43(4,5)6/h12-25,27,29,36H,7-11,26H2,1-6H3,(H,46,48)(H,47,49)(H,50,51)/b28-27+,45-39-/t29-,36+/m1/s1. The van der Waals surface area contributed by atoms with Gasteiger partial charge in [-0.2, -0.15) is 0 Å². The van der Waals surface area contributed by atoms with Crippen LogP contribution in [0.15, 0.2) is 101 Å². The molecule has 0 aliphatic rings. The fraction of sp³-hybridized carbons (Fsp3) is 0.326. The second-order valence-electron chi connectivity index (χ2n) is 14.1. The Labute approximate surface area is 311 Å². The highest BCUT2D eigenvalue weighted by atomic mass is 32.1. The van der Waals surface area contributed by atoms with Gasteiger partial charge in [0, 0.05) is 23.1 Å². The molecule has 0 aliphatic carbocycles. The van der Waals surface area contributed by atoms with E-state index in [-0.39, 0.29) is 11.8 Å². The molecule has 0 spiro atoms. The lowest BCUT2D eigenvalue weighted by Crippen LogP contribution is -2.51. The van der Waals surface area contributed by atoms with Crippen molar-refractivity contribution in [2.45, 2.75) is 91.1 Å². The zero-order chi connectivity index (χ0) is 37.8. The van der Waals surface area contributed by atoms with E-state index in [2.05, 4.69) is 104 Å². The van der Waals surface area contributed by atoms with Gasteiger partial charge in [0.2, 0.25) is 5.91 Å². The summed E-state index contributed by atoms with van der Waals surface area (Å²) in [5.41, 5.74) is 7.10. The highest BCUT2D eigenvalue weighted by molar-refractivity contribution is 7.14. The van der Waals surface area contributed by atoms with E-state index in [1.165, 1.54) is 48.6 Å². The molecule has 2 atom stereocenters. The quantitative estimate of drug-likeness (QED) is 0.0646. The van der Waals surface area contributed by atoms with E-state index < -0.39 is 29.9 Å². The molecule has 0 fully saturated rings. The first-order valence-electron chi connectivity index (χ1n) is 17.7. The first kappa shape index (κ1) is 39.6. The Hall–Kier alpha value is -5.15. The van der Waals surface area contributed by atoms with Crippen molar-refractivity contribution in [1.29, 1.82) is 0 Å². The van der Waals surface area contributed by atoms with Crippen molar-refractivity contribution in [3.8, 4) is 11.1 Å². The Morgan fingerprint density at radius 1 is 0.846 bits per heavy atom. The van der Waals surface area contributed by atoms with Crippen molar-refractivity contribution in [2.75, 3.05) is 0 Å². The van der Waals surface area contributed by atoms with Crippen LogP contribution in [0.4, 0.5) is 0 Å². The van der Waals surface area contributed by atoms with Crippen LogP contribution < -0.4 is 10.6 Å². The minimum atomic E-state index is -1.17. The van der Waals surface area contributed by atoms with E-state index in [4.69, 9.17) is 0 Å². The Morgan fingerprint density at radius 3 is 2.00 bits per heavy atom. The van der Waals surface area contributed by atoms with Crippen LogP contribution in [0.5, 0.6) is 0 Å². The number of carbonyl (C=O) groups excluding carboxylic acids is 2. The monoisotopic (exact) mass is 718 g/mol. The number of carboxylic acids is 1. The predicted octanol–water partition coefficient (Wildman–Crippen LogP) is 8.88. The minimum Gasteiger partial charge on any atom is -0.480 e. The molecule has 0 saturated heterocycles. The molecule has 3 aromatic carbocycles. The Bertz CT molecular complexity index is 1900. The summed E-state index contributed by atoms with van der Waals surface area (Å²) in [5.74, 6) is -1.71. The lowest BCUT2D eigenvalue weighted by atomic mass is 9.95. The number of unbranched alkanes of at least 4 members (excludes halogenated alkanes) is 2. The van der Waals surface area contributed by atoms with Crippen LogP contribution in [-0.2, 0) is 27.8 Å². The topological polar surface area (TPSA) is 120 Å². The van der Waals surface area contributed by atoms with Crippen molar-refractivity contribution >= 4 is 47.2 Å². The molecule has 3 N–H and O–H groups in total. The molecule has 1 aromatic heterocycles. The Kier molecular flexibility index (Phi) is 14.0. The summed E-state index contributed by atoms with van der Waals surface area (Å²) in [6.07, 6.45) is 6.74. The van der Waals surface area contributed by atoms with Gasteiger partial charge < -0.3 is 15.7 Å². The zero-order valence-electron chi connectivity index (χ0n) is 31.0. The Balaban J connectivity index is 1.45. The number of nitrogens with zero attached hydrogens (tertiary/aromatic N) is 2. The molecule has 1 heterocycles. The molecule has 0 unspecified atom stereocenters. The number of carboxylic acid groups (broad SMARTS) is 1. The number of aliphatic imine (C=N–C) groups is 2. The van der Waals surface area contributed by atoms with Crippen molar-refractivity contribution in [3.05, 3.63) is 123 Å². The molecule has 0 bridgehead atoms. The summed E-state index contributed by atoms with van der Waals surface area (Å²) >= 11 is 1.37. The number of amides is 2. The number of allylic oxidation sites excluding steroid dienone is 1. The second-order valence-corrected chi connectivity index (χ2v) is 15.1. The number of thiophene rings is 1. The summed E-state index contributed by atoms with van der Waals surface area (Å²) in [6, 6.07) is 26.1. The molecule has 0 radical (unpaired) electrons. The molecular weight excluding hydrogens is 669 g/mol. The number of rotatable bonds is 15. The third-order valence-corrected chi connectivity index (χ3v) is 10.3. The smallest absolute Gasteiger partial charge is 0.325 e. The zero-order valence-corrected chi connectivity index (χ0v) is 31.8. The predicted molar refractivity (Wildman–Crippen MR) is 215 cm³/mol. The van der Waals surface area contributed by atoms with Gasteiger partial charge in [0.15, 0.2) is 5.84 Å². The molecular formula is C43H50N4O4S. The van der Waals surface area contributed by atoms with E-state index in [9.17, 15) is 19.5 Å². The van der Waals surface area contributed by atoms with Gasteiger partial charge in [-0.1, -0.05) is 113 Å². The van der Waals surface area contributed by atoms with E-state index >= 15 is 0 Å². The van der Waals surface area contributed by atoms with Crippen LogP contribution in [0.2, 0.25) is 0 Å². The maximum atomic E-state index is 13.2. The van der Waals surface area contributed by atoms with Crippen LogP contribution >= 0.6 is 11.3 Å². The van der Waals surface area contributed by atoms with Gasteiger partial charge in [0.1, 0.15) is 12.1 Å². The second kappa shape index (κ2) is 18.4. The Morgan fingerprint density at radius 2 is 1.44 bits per heavy atom. The van der Waals surface area contributed by atoms with Gasteiger partial charge >= 0.3 is 5.97 Å². The molecule has 4 rings (SSSR count). The van der Waals surface area contributed by atoms with E-state index in [0.717, 1.165) is 39.1 Å². The summed E-state index contributed by atoms with van der Waals surface area (Å²) in [6.45, 7) is 15.5. The third kappa shape index (κ3) is 11.2. The van der Waals surface area contributed by atoms with Crippen molar-refractivity contribution < 1.29 is 19.5 Å². The van der Waals surface area contributed by atoms with E-state index in [1.54, 1.807) is 12.3 Å². The maximum absolute atomic E-state index is 13.2. The fourth-order valence-corrected chi connectivity index (χ4v) is 6.48. The van der Waals surface area contributed by atoms with Crippen LogP contribution in [0.25, 0.3) is 16.7 Å². The molecule has 8 nitrogen and oxygen atoms in total. The van der Waals surface area contributed by atoms with Crippen molar-refractivity contribution in [1.82, 2.24) is 10.6 Å². The van der Waals surface area contributed by atoms with Gasteiger partial charge in [-0.25, -0.2) is 9.98 Å². The van der Waals surface area contributed by atoms with Crippen LogP contribution in [0.1, 0.15) is 97.6 Å². The average Bonchev–Trinajstić information content (AvgIpc) is 3.64. The highest BCUT2D eigenvalue weighted by Crippen LogP contribution is 2.29. The minimum absolute atomic E-state index is 0.123. The normalized spacial score (nSPS) is 13.3. The summed E-state index contributed by atoms with van der Waals surface area (Å²) in [5, 5.41) is 14.7. The van der Waals surface area contributed by atoms with Crippen LogP contribution in [0.3, 0.4) is 0 Å². The van der Waals surface area contributed by atoms with Gasteiger partial charge in [-0.3, -0.25) is 14.4 Å².